The number of hydrogen-bond acceptors (Lipinski definition) is 2. The Bertz CT molecular complexity index is 901. The highest BCUT2D eigenvalue weighted by Crippen LogP contribution is 2.30. The molecular formula is C20H16NO2+. The first kappa shape index (κ1) is 13.7. The van der Waals surface area contributed by atoms with Crippen LogP contribution < -0.4 is 9.30 Å². The van der Waals surface area contributed by atoms with Crippen molar-refractivity contribution in [3.63, 3.8) is 0 Å². The Morgan fingerprint density at radius 1 is 1.00 bits per heavy atom. The lowest BCUT2D eigenvalue weighted by Gasteiger charge is -2.01. The van der Waals surface area contributed by atoms with E-state index >= 15 is 0 Å². The van der Waals surface area contributed by atoms with Crippen molar-refractivity contribution in [2.75, 3.05) is 7.11 Å². The van der Waals surface area contributed by atoms with Crippen LogP contribution in [0.5, 0.6) is 5.75 Å². The van der Waals surface area contributed by atoms with Gasteiger partial charge < -0.3 is 4.74 Å². The lowest BCUT2D eigenvalue weighted by molar-refractivity contribution is -0.672. The molecule has 1 aliphatic rings. The average Bonchev–Trinajstić information content (AvgIpc) is 2.98. The molecule has 0 radical (unpaired) electrons. The first-order chi connectivity index (χ1) is 11.3. The molecular weight excluding hydrogens is 286 g/mol. The van der Waals surface area contributed by atoms with Crippen LogP contribution in [0.3, 0.4) is 0 Å². The van der Waals surface area contributed by atoms with E-state index in [2.05, 4.69) is 16.7 Å². The van der Waals surface area contributed by atoms with Gasteiger partial charge >= 0.3 is 0 Å². The maximum Gasteiger partial charge on any atom is 0.213 e. The fourth-order valence-corrected chi connectivity index (χ4v) is 3.07. The van der Waals surface area contributed by atoms with Crippen LogP contribution in [0, 0.1) is 0 Å². The number of rotatable bonds is 3. The van der Waals surface area contributed by atoms with Crippen molar-refractivity contribution in [1.29, 1.82) is 0 Å². The fraction of sp³-hybridized carbons (Fsp3) is 0.100. The number of hydrogen-bond donors (Lipinski definition) is 0. The van der Waals surface area contributed by atoms with Gasteiger partial charge in [0.05, 0.1) is 18.2 Å². The van der Waals surface area contributed by atoms with Gasteiger partial charge in [0.1, 0.15) is 5.75 Å². The van der Waals surface area contributed by atoms with Gasteiger partial charge in [-0.1, -0.05) is 30.3 Å². The molecule has 0 saturated heterocycles. The summed E-state index contributed by atoms with van der Waals surface area (Å²) in [6.45, 7) is 0.762. The summed E-state index contributed by atoms with van der Waals surface area (Å²) in [5, 5.41) is 0. The van der Waals surface area contributed by atoms with E-state index in [1.165, 1.54) is 11.1 Å². The molecule has 0 unspecified atom stereocenters. The van der Waals surface area contributed by atoms with E-state index in [1.54, 1.807) is 7.11 Å². The van der Waals surface area contributed by atoms with E-state index in [0.29, 0.717) is 11.1 Å². The SMILES string of the molecule is COc1ccc2c(c1)C[n+]1cc(C(=O)c3ccccc3)ccc1-2. The molecule has 0 aliphatic carbocycles. The first-order valence-corrected chi connectivity index (χ1v) is 7.57. The van der Waals surface area contributed by atoms with Crippen LogP contribution in [-0.4, -0.2) is 12.9 Å². The van der Waals surface area contributed by atoms with E-state index in [-0.39, 0.29) is 5.78 Å². The number of ketones is 1. The number of aromatic nitrogens is 1. The highest BCUT2D eigenvalue weighted by Gasteiger charge is 2.27. The molecule has 0 amide bonds. The van der Waals surface area contributed by atoms with E-state index < -0.39 is 0 Å². The Morgan fingerprint density at radius 3 is 2.61 bits per heavy atom. The van der Waals surface area contributed by atoms with Gasteiger partial charge in [0.2, 0.25) is 5.69 Å². The van der Waals surface area contributed by atoms with Crippen molar-refractivity contribution in [1.82, 2.24) is 0 Å². The predicted octanol–water partition coefficient (Wildman–Crippen LogP) is 3.24. The zero-order chi connectivity index (χ0) is 15.8. The van der Waals surface area contributed by atoms with Crippen LogP contribution in [0.15, 0.2) is 66.9 Å². The van der Waals surface area contributed by atoms with Crippen LogP contribution in [-0.2, 0) is 6.54 Å². The van der Waals surface area contributed by atoms with Gasteiger partial charge in [-0.2, -0.15) is 4.57 Å². The summed E-state index contributed by atoms with van der Waals surface area (Å²) in [6, 6.07) is 19.4. The average molecular weight is 302 g/mol. The fourth-order valence-electron chi connectivity index (χ4n) is 3.07. The number of carbonyl (C=O) groups is 1. The summed E-state index contributed by atoms with van der Waals surface area (Å²) >= 11 is 0. The minimum atomic E-state index is 0.0504. The molecule has 3 heteroatoms. The highest BCUT2D eigenvalue weighted by atomic mass is 16.5. The second kappa shape index (κ2) is 5.36. The summed E-state index contributed by atoms with van der Waals surface area (Å²) in [5.41, 5.74) is 4.97. The molecule has 0 bridgehead atoms. The van der Waals surface area contributed by atoms with E-state index in [1.807, 2.05) is 54.7 Å². The van der Waals surface area contributed by atoms with Gasteiger partial charge in [0.15, 0.2) is 18.5 Å². The molecule has 0 spiro atoms. The van der Waals surface area contributed by atoms with Gasteiger partial charge in [0.25, 0.3) is 0 Å². The van der Waals surface area contributed by atoms with Crippen molar-refractivity contribution < 1.29 is 14.1 Å². The van der Waals surface area contributed by atoms with Crippen LogP contribution in [0.2, 0.25) is 0 Å². The molecule has 0 atom stereocenters. The van der Waals surface area contributed by atoms with Crippen molar-refractivity contribution in [2.45, 2.75) is 6.54 Å². The van der Waals surface area contributed by atoms with Crippen LogP contribution in [0.1, 0.15) is 21.5 Å². The summed E-state index contributed by atoms with van der Waals surface area (Å²) in [6.07, 6.45) is 1.94. The number of carbonyl (C=O) groups excluding carboxylic acids is 1. The Hall–Kier alpha value is -2.94. The van der Waals surface area contributed by atoms with Crippen molar-refractivity contribution in [2.24, 2.45) is 0 Å². The summed E-state index contributed by atoms with van der Waals surface area (Å²) in [7, 11) is 1.67. The van der Waals surface area contributed by atoms with Gasteiger partial charge in [-0.05, 0) is 24.3 Å². The minimum Gasteiger partial charge on any atom is -0.497 e. The third kappa shape index (κ3) is 2.30. The molecule has 2 heterocycles. The second-order valence-electron chi connectivity index (χ2n) is 5.65. The molecule has 0 fully saturated rings. The van der Waals surface area contributed by atoms with E-state index in [9.17, 15) is 4.79 Å². The Morgan fingerprint density at radius 2 is 1.83 bits per heavy atom. The van der Waals surface area contributed by atoms with Crippen LogP contribution >= 0.6 is 0 Å². The smallest absolute Gasteiger partial charge is 0.213 e. The topological polar surface area (TPSA) is 30.2 Å². The van der Waals surface area contributed by atoms with Crippen molar-refractivity contribution >= 4 is 5.78 Å². The van der Waals surface area contributed by atoms with Gasteiger partial charge in [-0.15, -0.1) is 0 Å². The largest absolute Gasteiger partial charge is 0.497 e. The Labute approximate surface area is 134 Å². The molecule has 0 saturated carbocycles. The minimum absolute atomic E-state index is 0.0504. The highest BCUT2D eigenvalue weighted by molar-refractivity contribution is 6.08. The maximum absolute atomic E-state index is 12.6. The molecule has 1 aromatic heterocycles. The van der Waals surface area contributed by atoms with Crippen LogP contribution in [0.25, 0.3) is 11.3 Å². The summed E-state index contributed by atoms with van der Waals surface area (Å²) < 4.78 is 7.42. The molecule has 4 rings (SSSR count). The van der Waals surface area contributed by atoms with Gasteiger partial charge in [-0.3, -0.25) is 4.79 Å². The Kier molecular flexibility index (Phi) is 3.19. The molecule has 3 nitrogen and oxygen atoms in total. The number of benzene rings is 2. The molecule has 1 aliphatic heterocycles. The first-order valence-electron chi connectivity index (χ1n) is 7.57. The molecule has 3 aromatic rings. The maximum atomic E-state index is 12.6. The normalized spacial score (nSPS) is 11.7. The number of nitrogens with zero attached hydrogens (tertiary/aromatic N) is 1. The number of methoxy groups -OCH3 is 1. The summed E-state index contributed by atoms with van der Waals surface area (Å²) in [4.78, 5) is 12.6. The number of ether oxygens (including phenoxy) is 1. The van der Waals surface area contributed by atoms with Crippen molar-refractivity contribution in [3.05, 3.63) is 83.6 Å². The predicted molar refractivity (Wildman–Crippen MR) is 87.6 cm³/mol. The summed E-state index contributed by atoms with van der Waals surface area (Å²) in [5.74, 6) is 0.909. The zero-order valence-corrected chi connectivity index (χ0v) is 12.8. The second-order valence-corrected chi connectivity index (χ2v) is 5.65. The zero-order valence-electron chi connectivity index (χ0n) is 12.8. The van der Waals surface area contributed by atoms with E-state index in [0.717, 1.165) is 18.0 Å². The molecule has 112 valence electrons. The lowest BCUT2D eigenvalue weighted by atomic mass is 10.0. The molecule has 2 aromatic carbocycles. The number of fused-ring (bicyclic) bond motifs is 3. The van der Waals surface area contributed by atoms with E-state index in [4.69, 9.17) is 4.74 Å². The van der Waals surface area contributed by atoms with Gasteiger partial charge in [0, 0.05) is 17.2 Å². The van der Waals surface area contributed by atoms with Crippen molar-refractivity contribution in [3.8, 4) is 17.0 Å². The van der Waals surface area contributed by atoms with Crippen LogP contribution in [0.4, 0.5) is 0 Å². The quantitative estimate of drug-likeness (QED) is 0.429. The third-order valence-electron chi connectivity index (χ3n) is 4.25. The molecule has 0 N–H and O–H groups in total. The Balaban J connectivity index is 1.72. The third-order valence-corrected chi connectivity index (χ3v) is 4.25. The standard InChI is InChI=1S/C20H16NO2/c1-23-17-8-9-18-16(11-17)13-21-12-15(7-10-19(18)21)20(22)14-5-3-2-4-6-14/h2-12H,13H2,1H3/q+1. The van der Waals surface area contributed by atoms with Gasteiger partial charge in [-0.25, -0.2) is 0 Å². The monoisotopic (exact) mass is 302 g/mol. The molecule has 23 heavy (non-hydrogen) atoms. The number of pyridine rings is 1. The lowest BCUT2D eigenvalue weighted by Crippen LogP contribution is -2.33.